The van der Waals surface area contributed by atoms with Crippen LogP contribution in [0, 0.1) is 0 Å². The lowest BCUT2D eigenvalue weighted by atomic mass is 10.1. The van der Waals surface area contributed by atoms with Gasteiger partial charge in [-0.1, -0.05) is 29.4 Å². The number of benzene rings is 1. The lowest BCUT2D eigenvalue weighted by Crippen LogP contribution is -2.05. The van der Waals surface area contributed by atoms with Crippen LogP contribution in [0.5, 0.6) is 0 Å². The van der Waals surface area contributed by atoms with Crippen LogP contribution in [0.4, 0.5) is 5.95 Å². The summed E-state index contributed by atoms with van der Waals surface area (Å²) in [5.41, 5.74) is 3.50. The number of tetrazole rings is 1. The van der Waals surface area contributed by atoms with E-state index in [1.165, 1.54) is 12.3 Å². The van der Waals surface area contributed by atoms with Crippen molar-refractivity contribution in [3.8, 4) is 11.3 Å². The van der Waals surface area contributed by atoms with Gasteiger partial charge in [0.2, 0.25) is 0 Å². The van der Waals surface area contributed by atoms with Crippen LogP contribution in [-0.4, -0.2) is 39.4 Å². The second-order valence-corrected chi connectivity index (χ2v) is 5.30. The van der Waals surface area contributed by atoms with Gasteiger partial charge in [0.1, 0.15) is 18.1 Å². The van der Waals surface area contributed by atoms with E-state index < -0.39 is 5.97 Å². The fourth-order valence-electron chi connectivity index (χ4n) is 1.99. The number of nitrogens with one attached hydrogen (secondary N) is 2. The maximum atomic E-state index is 12.0. The standard InChI is InChI=1S/C16H13ClN6O3/c1-2-7-25-15(24)12-8-10(3-5-13(12)17)14-6-4-11(26-14)9-18-19-16-20-22-23-21-16/h2-6,8-9H,1,7H2,(H2,19,20,21,22,23). The van der Waals surface area contributed by atoms with Crippen molar-refractivity contribution in [3.63, 3.8) is 0 Å². The smallest absolute Gasteiger partial charge is 0.339 e. The number of halogens is 1. The quantitative estimate of drug-likeness (QED) is 0.283. The minimum atomic E-state index is -0.533. The molecule has 0 aliphatic rings. The average Bonchev–Trinajstić information content (AvgIpc) is 3.32. The maximum Gasteiger partial charge on any atom is 0.339 e. The van der Waals surface area contributed by atoms with E-state index in [-0.39, 0.29) is 18.1 Å². The van der Waals surface area contributed by atoms with Crippen molar-refractivity contribution < 1.29 is 13.9 Å². The first-order chi connectivity index (χ1) is 12.7. The monoisotopic (exact) mass is 372 g/mol. The zero-order valence-electron chi connectivity index (χ0n) is 13.3. The third-order valence-corrected chi connectivity index (χ3v) is 3.46. The summed E-state index contributed by atoms with van der Waals surface area (Å²) in [4.78, 5) is 12.0. The van der Waals surface area contributed by atoms with Crippen molar-refractivity contribution in [2.45, 2.75) is 0 Å². The number of carbonyl (C=O) groups is 1. The normalized spacial score (nSPS) is 10.8. The lowest BCUT2D eigenvalue weighted by molar-refractivity contribution is 0.0550. The van der Waals surface area contributed by atoms with Crippen LogP contribution in [0.15, 0.2) is 52.5 Å². The summed E-state index contributed by atoms with van der Waals surface area (Å²) in [6.07, 6.45) is 2.94. The highest BCUT2D eigenvalue weighted by Gasteiger charge is 2.14. The molecule has 1 aromatic carbocycles. The zero-order chi connectivity index (χ0) is 18.4. The number of anilines is 1. The van der Waals surface area contributed by atoms with Crippen molar-refractivity contribution in [2.75, 3.05) is 12.0 Å². The molecule has 3 rings (SSSR count). The van der Waals surface area contributed by atoms with Crippen LogP contribution >= 0.6 is 11.6 Å². The first-order valence-electron chi connectivity index (χ1n) is 7.37. The Kier molecular flexibility index (Phi) is 5.40. The second kappa shape index (κ2) is 8.08. The van der Waals surface area contributed by atoms with E-state index in [4.69, 9.17) is 20.8 Å². The van der Waals surface area contributed by atoms with Crippen molar-refractivity contribution in [1.29, 1.82) is 0 Å². The first-order valence-corrected chi connectivity index (χ1v) is 7.75. The molecule has 0 spiro atoms. The molecule has 132 valence electrons. The molecule has 10 heteroatoms. The topological polar surface area (TPSA) is 118 Å². The molecule has 2 aromatic heterocycles. The van der Waals surface area contributed by atoms with Gasteiger partial charge in [-0.15, -0.1) is 5.10 Å². The molecule has 0 unspecified atom stereocenters. The molecule has 3 aromatic rings. The molecule has 0 saturated carbocycles. The largest absolute Gasteiger partial charge is 0.458 e. The maximum absolute atomic E-state index is 12.0. The minimum absolute atomic E-state index is 0.105. The van der Waals surface area contributed by atoms with Gasteiger partial charge >= 0.3 is 5.97 Å². The highest BCUT2D eigenvalue weighted by molar-refractivity contribution is 6.33. The van der Waals surface area contributed by atoms with Gasteiger partial charge in [-0.05, 0) is 35.5 Å². The van der Waals surface area contributed by atoms with Crippen molar-refractivity contribution in [3.05, 3.63) is 59.3 Å². The summed E-state index contributed by atoms with van der Waals surface area (Å²) in [5.74, 6) is 0.727. The van der Waals surface area contributed by atoms with Crippen LogP contribution in [0.2, 0.25) is 5.02 Å². The highest BCUT2D eigenvalue weighted by Crippen LogP contribution is 2.27. The Morgan fingerprint density at radius 1 is 1.42 bits per heavy atom. The van der Waals surface area contributed by atoms with E-state index in [2.05, 4.69) is 37.7 Å². The van der Waals surface area contributed by atoms with E-state index in [1.54, 1.807) is 30.3 Å². The average molecular weight is 373 g/mol. The first kappa shape index (κ1) is 17.4. The predicted octanol–water partition coefficient (Wildman–Crippen LogP) is 2.90. The molecule has 0 radical (unpaired) electrons. The number of hydrogen-bond acceptors (Lipinski definition) is 8. The Hall–Kier alpha value is -3.46. The predicted molar refractivity (Wildman–Crippen MR) is 95.0 cm³/mol. The molecule has 2 heterocycles. The van der Waals surface area contributed by atoms with E-state index in [0.29, 0.717) is 22.1 Å². The number of nitrogens with zero attached hydrogens (tertiary/aromatic N) is 4. The molecule has 0 saturated heterocycles. The summed E-state index contributed by atoms with van der Waals surface area (Å²) in [6, 6.07) is 8.42. The molecule has 0 aliphatic heterocycles. The van der Waals surface area contributed by atoms with Crippen molar-refractivity contribution in [2.24, 2.45) is 5.10 Å². The second-order valence-electron chi connectivity index (χ2n) is 4.89. The van der Waals surface area contributed by atoms with Gasteiger partial charge < -0.3 is 9.15 Å². The fourth-order valence-corrected chi connectivity index (χ4v) is 2.18. The van der Waals surface area contributed by atoms with Gasteiger partial charge in [0.25, 0.3) is 5.95 Å². The van der Waals surface area contributed by atoms with Gasteiger partial charge in [-0.3, -0.25) is 0 Å². The Balaban J connectivity index is 1.75. The Morgan fingerprint density at radius 2 is 2.31 bits per heavy atom. The third kappa shape index (κ3) is 4.14. The number of rotatable bonds is 7. The van der Waals surface area contributed by atoms with Crippen molar-refractivity contribution in [1.82, 2.24) is 20.6 Å². The van der Waals surface area contributed by atoms with Gasteiger partial charge in [-0.25, -0.2) is 10.2 Å². The summed E-state index contributed by atoms with van der Waals surface area (Å²) in [5, 5.41) is 17.3. The molecule has 0 atom stereocenters. The Bertz CT molecular complexity index is 935. The molecule has 0 amide bonds. The lowest BCUT2D eigenvalue weighted by Gasteiger charge is -2.06. The number of hydrogen-bond donors (Lipinski definition) is 2. The third-order valence-electron chi connectivity index (χ3n) is 3.13. The van der Waals surface area contributed by atoms with E-state index >= 15 is 0 Å². The van der Waals surface area contributed by atoms with Gasteiger partial charge in [0, 0.05) is 5.56 Å². The van der Waals surface area contributed by atoms with Gasteiger partial charge in [0.15, 0.2) is 0 Å². The molecule has 9 nitrogen and oxygen atoms in total. The molecule has 0 fully saturated rings. The highest BCUT2D eigenvalue weighted by atomic mass is 35.5. The number of aromatic nitrogens is 4. The molecule has 0 bridgehead atoms. The Labute approximate surface area is 152 Å². The van der Waals surface area contributed by atoms with E-state index in [0.717, 1.165) is 0 Å². The number of hydrazone groups is 1. The summed E-state index contributed by atoms with van der Waals surface area (Å²) < 4.78 is 10.7. The molecule has 2 N–H and O–H groups in total. The molecular formula is C16H13ClN6O3. The van der Waals surface area contributed by atoms with Crippen LogP contribution in [0.1, 0.15) is 16.1 Å². The van der Waals surface area contributed by atoms with Gasteiger partial charge in [0.05, 0.1) is 16.8 Å². The number of esters is 1. The van der Waals surface area contributed by atoms with Crippen molar-refractivity contribution >= 4 is 29.7 Å². The van der Waals surface area contributed by atoms with E-state index in [9.17, 15) is 4.79 Å². The number of ether oxygens (including phenoxy) is 1. The Morgan fingerprint density at radius 3 is 3.08 bits per heavy atom. The summed E-state index contributed by atoms with van der Waals surface area (Å²) in [6.45, 7) is 3.61. The van der Waals surface area contributed by atoms with Crippen LogP contribution < -0.4 is 5.43 Å². The number of H-pyrrole nitrogens is 1. The minimum Gasteiger partial charge on any atom is -0.458 e. The van der Waals surface area contributed by atoms with Crippen LogP contribution in [0.3, 0.4) is 0 Å². The number of aromatic amines is 1. The molecule has 0 aliphatic carbocycles. The number of carbonyl (C=O) groups excluding carboxylic acids is 1. The summed E-state index contributed by atoms with van der Waals surface area (Å²) >= 11 is 6.07. The molecular weight excluding hydrogens is 360 g/mol. The summed E-state index contributed by atoms with van der Waals surface area (Å²) in [7, 11) is 0. The van der Waals surface area contributed by atoms with Gasteiger partial charge in [-0.2, -0.15) is 10.3 Å². The number of furan rings is 1. The van der Waals surface area contributed by atoms with E-state index in [1.807, 2.05) is 0 Å². The zero-order valence-corrected chi connectivity index (χ0v) is 14.1. The van der Waals surface area contributed by atoms with Crippen LogP contribution in [-0.2, 0) is 4.74 Å². The molecule has 26 heavy (non-hydrogen) atoms. The fraction of sp³-hybridized carbons (Fsp3) is 0.0625. The SMILES string of the molecule is C=CCOC(=O)c1cc(-c2ccc(C=NNc3nn[nH]n3)o2)ccc1Cl. The van der Waals surface area contributed by atoms with Crippen LogP contribution in [0.25, 0.3) is 11.3 Å².